The number of anilines is 1. The normalized spacial score (nSPS) is 15.7. The highest BCUT2D eigenvalue weighted by Gasteiger charge is 2.24. The molecule has 2 aromatic rings. The number of carbonyl (C=O) groups is 1. The van der Waals surface area contributed by atoms with E-state index in [1.807, 2.05) is 15.8 Å². The lowest BCUT2D eigenvalue weighted by molar-refractivity contribution is 0.0746. The first-order valence-electron chi connectivity index (χ1n) is 8.50. The average molecular weight is 326 g/mol. The molecule has 2 heterocycles. The number of carbonyl (C=O) groups excluding carboxylic acids is 1. The van der Waals surface area contributed by atoms with Crippen LogP contribution >= 0.6 is 0 Å². The number of rotatable bonds is 2. The van der Waals surface area contributed by atoms with Crippen LogP contribution in [0.4, 0.5) is 5.69 Å². The zero-order valence-corrected chi connectivity index (χ0v) is 15.0. The Morgan fingerprint density at radius 3 is 2.42 bits per heavy atom. The fourth-order valence-corrected chi connectivity index (χ4v) is 2.98. The second-order valence-electron chi connectivity index (χ2n) is 7.46. The van der Waals surface area contributed by atoms with Crippen LogP contribution in [-0.2, 0) is 5.54 Å². The predicted molar refractivity (Wildman–Crippen MR) is 96.5 cm³/mol. The molecular weight excluding hydrogens is 300 g/mol. The van der Waals surface area contributed by atoms with E-state index in [4.69, 9.17) is 0 Å². The van der Waals surface area contributed by atoms with Crippen LogP contribution in [0.15, 0.2) is 36.7 Å². The van der Waals surface area contributed by atoms with Gasteiger partial charge in [-0.2, -0.15) is 5.10 Å². The van der Waals surface area contributed by atoms with Crippen LogP contribution in [0.25, 0.3) is 0 Å². The second-order valence-corrected chi connectivity index (χ2v) is 7.46. The summed E-state index contributed by atoms with van der Waals surface area (Å²) in [7, 11) is 0. The number of aryl methyl sites for hydroxylation is 1. The largest absolute Gasteiger partial charge is 0.368 e. The minimum atomic E-state index is -0.109. The fraction of sp³-hybridized carbons (Fsp3) is 0.474. The van der Waals surface area contributed by atoms with Crippen LogP contribution in [-0.4, -0.2) is 46.8 Å². The zero-order chi connectivity index (χ0) is 17.3. The Kier molecular flexibility index (Phi) is 4.35. The van der Waals surface area contributed by atoms with Crippen molar-refractivity contribution in [3.8, 4) is 0 Å². The first-order valence-corrected chi connectivity index (χ1v) is 8.50. The molecule has 24 heavy (non-hydrogen) atoms. The zero-order valence-electron chi connectivity index (χ0n) is 15.0. The van der Waals surface area contributed by atoms with E-state index < -0.39 is 0 Å². The van der Waals surface area contributed by atoms with Gasteiger partial charge in [0.25, 0.3) is 5.91 Å². The quantitative estimate of drug-likeness (QED) is 0.852. The van der Waals surface area contributed by atoms with E-state index in [1.54, 1.807) is 6.20 Å². The molecule has 1 fully saturated rings. The fourth-order valence-electron chi connectivity index (χ4n) is 2.98. The van der Waals surface area contributed by atoms with Crippen molar-refractivity contribution in [2.45, 2.75) is 33.2 Å². The van der Waals surface area contributed by atoms with Crippen molar-refractivity contribution in [3.05, 3.63) is 47.8 Å². The van der Waals surface area contributed by atoms with Gasteiger partial charge in [0.1, 0.15) is 0 Å². The SMILES string of the molecule is Cc1cccc(N2CCN(C(=O)c3cnn(C(C)(C)C)c3)CC2)c1. The summed E-state index contributed by atoms with van der Waals surface area (Å²) in [6.45, 7) is 11.6. The third-order valence-corrected chi connectivity index (χ3v) is 4.45. The van der Waals surface area contributed by atoms with Gasteiger partial charge < -0.3 is 9.80 Å². The summed E-state index contributed by atoms with van der Waals surface area (Å²) in [6, 6.07) is 8.53. The van der Waals surface area contributed by atoms with Crippen LogP contribution in [0, 0.1) is 6.92 Å². The summed E-state index contributed by atoms with van der Waals surface area (Å²) < 4.78 is 1.85. The van der Waals surface area contributed by atoms with Gasteiger partial charge >= 0.3 is 0 Å². The summed E-state index contributed by atoms with van der Waals surface area (Å²) in [6.07, 6.45) is 3.54. The lowest BCUT2D eigenvalue weighted by Gasteiger charge is -2.36. The van der Waals surface area contributed by atoms with E-state index in [9.17, 15) is 4.79 Å². The molecule has 1 aliphatic rings. The molecule has 0 aliphatic carbocycles. The summed E-state index contributed by atoms with van der Waals surface area (Å²) >= 11 is 0. The molecule has 0 N–H and O–H groups in total. The Morgan fingerprint density at radius 2 is 1.83 bits per heavy atom. The standard InChI is InChI=1S/C19H26N4O/c1-15-6-5-7-17(12-15)21-8-10-22(11-9-21)18(24)16-13-20-23(14-16)19(2,3)4/h5-7,12-14H,8-11H2,1-4H3. The van der Waals surface area contributed by atoms with Gasteiger partial charge in [-0.1, -0.05) is 12.1 Å². The molecule has 5 heteroatoms. The molecule has 0 bridgehead atoms. The predicted octanol–water partition coefficient (Wildman–Crippen LogP) is 2.91. The van der Waals surface area contributed by atoms with E-state index >= 15 is 0 Å². The lowest BCUT2D eigenvalue weighted by atomic mass is 10.1. The topological polar surface area (TPSA) is 41.4 Å². The number of piperazine rings is 1. The summed E-state index contributed by atoms with van der Waals surface area (Å²) in [5, 5.41) is 4.33. The molecule has 0 spiro atoms. The number of amides is 1. The maximum atomic E-state index is 12.7. The smallest absolute Gasteiger partial charge is 0.257 e. The first kappa shape index (κ1) is 16.6. The number of hydrogen-bond acceptors (Lipinski definition) is 3. The Bertz CT molecular complexity index is 721. The average Bonchev–Trinajstić information content (AvgIpc) is 3.04. The van der Waals surface area contributed by atoms with Crippen LogP contribution in [0.3, 0.4) is 0 Å². The van der Waals surface area contributed by atoms with Gasteiger partial charge in [-0.05, 0) is 45.4 Å². The maximum Gasteiger partial charge on any atom is 0.257 e. The molecule has 1 aromatic carbocycles. The Balaban J connectivity index is 1.64. The summed E-state index contributed by atoms with van der Waals surface area (Å²) in [5.74, 6) is 0.0781. The Labute approximate surface area is 143 Å². The van der Waals surface area contributed by atoms with E-state index in [1.165, 1.54) is 11.3 Å². The first-order chi connectivity index (χ1) is 11.3. The van der Waals surface area contributed by atoms with Crippen LogP contribution in [0.1, 0.15) is 36.7 Å². The van der Waals surface area contributed by atoms with Gasteiger partial charge in [-0.25, -0.2) is 0 Å². The molecule has 0 unspecified atom stereocenters. The number of benzene rings is 1. The van der Waals surface area contributed by atoms with Gasteiger partial charge in [-0.15, -0.1) is 0 Å². The van der Waals surface area contributed by atoms with Crippen molar-refractivity contribution in [3.63, 3.8) is 0 Å². The van der Waals surface area contributed by atoms with Crippen LogP contribution in [0.2, 0.25) is 0 Å². The molecule has 1 amide bonds. The number of nitrogens with zero attached hydrogens (tertiary/aromatic N) is 4. The maximum absolute atomic E-state index is 12.7. The van der Waals surface area contributed by atoms with Crippen molar-refractivity contribution in [2.24, 2.45) is 0 Å². The highest BCUT2D eigenvalue weighted by atomic mass is 16.2. The second kappa shape index (κ2) is 6.30. The Morgan fingerprint density at radius 1 is 1.12 bits per heavy atom. The van der Waals surface area contributed by atoms with Crippen molar-refractivity contribution < 1.29 is 4.79 Å². The third kappa shape index (κ3) is 3.45. The highest BCUT2D eigenvalue weighted by Crippen LogP contribution is 2.19. The summed E-state index contributed by atoms with van der Waals surface area (Å²) in [4.78, 5) is 17.0. The Hall–Kier alpha value is -2.30. The molecule has 0 saturated carbocycles. The minimum Gasteiger partial charge on any atom is -0.368 e. The molecule has 5 nitrogen and oxygen atoms in total. The van der Waals surface area contributed by atoms with Gasteiger partial charge in [0, 0.05) is 38.1 Å². The highest BCUT2D eigenvalue weighted by molar-refractivity contribution is 5.93. The van der Waals surface area contributed by atoms with Crippen molar-refractivity contribution in [2.75, 3.05) is 31.1 Å². The van der Waals surface area contributed by atoms with E-state index in [-0.39, 0.29) is 11.4 Å². The van der Waals surface area contributed by atoms with Crippen LogP contribution in [0.5, 0.6) is 0 Å². The number of aromatic nitrogens is 2. The van der Waals surface area contributed by atoms with Gasteiger partial charge in [0.05, 0.1) is 17.3 Å². The third-order valence-electron chi connectivity index (χ3n) is 4.45. The molecule has 1 saturated heterocycles. The van der Waals surface area contributed by atoms with Crippen molar-refractivity contribution >= 4 is 11.6 Å². The minimum absolute atomic E-state index is 0.0781. The van der Waals surface area contributed by atoms with Gasteiger partial charge in [-0.3, -0.25) is 9.48 Å². The molecule has 1 aromatic heterocycles. The van der Waals surface area contributed by atoms with E-state index in [0.29, 0.717) is 5.56 Å². The molecule has 128 valence electrons. The molecular formula is C19H26N4O. The van der Waals surface area contributed by atoms with Crippen LogP contribution < -0.4 is 4.90 Å². The van der Waals surface area contributed by atoms with Gasteiger partial charge in [0.2, 0.25) is 0 Å². The van der Waals surface area contributed by atoms with Crippen molar-refractivity contribution in [1.29, 1.82) is 0 Å². The van der Waals surface area contributed by atoms with Gasteiger partial charge in [0.15, 0.2) is 0 Å². The lowest BCUT2D eigenvalue weighted by Crippen LogP contribution is -2.48. The number of hydrogen-bond donors (Lipinski definition) is 0. The summed E-state index contributed by atoms with van der Waals surface area (Å²) in [5.41, 5.74) is 3.07. The van der Waals surface area contributed by atoms with Crippen molar-refractivity contribution in [1.82, 2.24) is 14.7 Å². The molecule has 3 rings (SSSR count). The monoisotopic (exact) mass is 326 g/mol. The van der Waals surface area contributed by atoms with E-state index in [0.717, 1.165) is 26.2 Å². The van der Waals surface area contributed by atoms with E-state index in [2.05, 4.69) is 62.0 Å². The molecule has 0 radical (unpaired) electrons. The molecule has 1 aliphatic heterocycles. The molecule has 0 atom stereocenters.